The first-order valence-electron chi connectivity index (χ1n) is 14.2. The van der Waals surface area contributed by atoms with Gasteiger partial charge in [-0.25, -0.2) is 4.98 Å². The van der Waals surface area contributed by atoms with E-state index < -0.39 is 5.97 Å². The molecule has 0 amide bonds. The molecule has 2 saturated carbocycles. The topological polar surface area (TPSA) is 108 Å². The van der Waals surface area contributed by atoms with Crippen LogP contribution in [0.2, 0.25) is 0 Å². The Morgan fingerprint density at radius 1 is 0.892 bits per heavy atom. The number of nitrogens with zero attached hydrogens (tertiary/aromatic N) is 4. The molecule has 1 aromatic heterocycles. The van der Waals surface area contributed by atoms with Gasteiger partial charge in [-0.2, -0.15) is 0 Å². The third-order valence-electron chi connectivity index (χ3n) is 9.66. The van der Waals surface area contributed by atoms with Crippen LogP contribution in [0.15, 0.2) is 34.2 Å². The molecule has 0 radical (unpaired) electrons. The second-order valence-electron chi connectivity index (χ2n) is 11.9. The molecule has 2 aromatic rings. The molecular formula is C29H38N4O4. The Morgan fingerprint density at radius 3 is 2.24 bits per heavy atom. The van der Waals surface area contributed by atoms with Gasteiger partial charge in [0.2, 0.25) is 0 Å². The van der Waals surface area contributed by atoms with Crippen molar-refractivity contribution in [3.8, 4) is 0 Å². The van der Waals surface area contributed by atoms with E-state index in [0.717, 1.165) is 30.2 Å². The van der Waals surface area contributed by atoms with Crippen LogP contribution in [0.4, 0.5) is 0 Å². The summed E-state index contributed by atoms with van der Waals surface area (Å²) in [4.78, 5) is 32.5. The SMILES string of the molecule is O=C(O)CCC(=NO)c1nc2ccccc2n(C2CC3CCC[C@H](C2)N3C2CC3CCCC(C3)C2)c1=O. The minimum Gasteiger partial charge on any atom is -0.481 e. The monoisotopic (exact) mass is 506 g/mol. The van der Waals surface area contributed by atoms with Crippen molar-refractivity contribution in [1.82, 2.24) is 14.5 Å². The second kappa shape index (κ2) is 10.2. The molecule has 2 aliphatic carbocycles. The highest BCUT2D eigenvalue weighted by Gasteiger charge is 2.45. The van der Waals surface area contributed by atoms with Crippen LogP contribution in [0.25, 0.3) is 11.0 Å². The summed E-state index contributed by atoms with van der Waals surface area (Å²) >= 11 is 0. The summed E-state index contributed by atoms with van der Waals surface area (Å²) in [5, 5.41) is 22.1. The summed E-state index contributed by atoms with van der Waals surface area (Å²) < 4.78 is 1.89. The zero-order valence-electron chi connectivity index (χ0n) is 21.5. The van der Waals surface area contributed by atoms with Crippen molar-refractivity contribution in [2.24, 2.45) is 17.0 Å². The highest BCUT2D eigenvalue weighted by atomic mass is 16.4. The summed E-state index contributed by atoms with van der Waals surface area (Å²) in [5.41, 5.74) is 1.30. The molecule has 0 spiro atoms. The molecule has 2 N–H and O–H groups in total. The molecular weight excluding hydrogens is 468 g/mol. The molecule has 2 saturated heterocycles. The first kappa shape index (κ1) is 24.6. The zero-order valence-corrected chi connectivity index (χ0v) is 21.5. The van der Waals surface area contributed by atoms with E-state index in [1.54, 1.807) is 0 Å². The fourth-order valence-corrected chi connectivity index (χ4v) is 8.28. The van der Waals surface area contributed by atoms with Crippen LogP contribution in [0.3, 0.4) is 0 Å². The maximum Gasteiger partial charge on any atom is 0.303 e. The number of piperidine rings is 2. The molecule has 5 atom stereocenters. The Balaban J connectivity index is 1.34. The van der Waals surface area contributed by atoms with Gasteiger partial charge in [-0.15, -0.1) is 0 Å². The highest BCUT2D eigenvalue weighted by Crippen LogP contribution is 2.47. The fourth-order valence-electron chi connectivity index (χ4n) is 8.28. The average Bonchev–Trinajstić information content (AvgIpc) is 2.88. The first-order valence-corrected chi connectivity index (χ1v) is 14.2. The van der Waals surface area contributed by atoms with Crippen molar-refractivity contribution in [2.75, 3.05) is 0 Å². The number of carboxylic acids is 1. The number of carbonyl (C=O) groups is 1. The molecule has 1 aromatic carbocycles. The normalized spacial score (nSPS) is 32.4. The highest BCUT2D eigenvalue weighted by molar-refractivity contribution is 6.00. The standard InChI is InChI=1S/C29H38N4O4/c34-27(35)12-11-25(31-37)28-29(36)33(26-10-2-1-9-24(26)30-28)23-16-20-7-4-8-21(17-23)32(20)22-14-18-5-3-6-19(13-18)15-22/h1-2,9-10,18-23,37H,3-8,11-17H2,(H,34,35)/t18?,19?,20-,21?,22?,23?/m1/s1. The van der Waals surface area contributed by atoms with Crippen LogP contribution in [0.1, 0.15) is 95.2 Å². The number of hydrogen-bond acceptors (Lipinski definition) is 6. The quantitative estimate of drug-likeness (QED) is 0.325. The Bertz CT molecular complexity index is 1230. The van der Waals surface area contributed by atoms with Gasteiger partial charge in [-0.1, -0.05) is 43.0 Å². The van der Waals surface area contributed by atoms with E-state index in [9.17, 15) is 14.8 Å². The number of oxime groups is 1. The Labute approximate surface area is 217 Å². The van der Waals surface area contributed by atoms with Crippen LogP contribution in [0, 0.1) is 11.8 Å². The molecule has 4 fully saturated rings. The predicted octanol–water partition coefficient (Wildman–Crippen LogP) is 4.97. The summed E-state index contributed by atoms with van der Waals surface area (Å²) in [6.45, 7) is 0. The predicted molar refractivity (Wildman–Crippen MR) is 141 cm³/mol. The van der Waals surface area contributed by atoms with Crippen molar-refractivity contribution >= 4 is 22.7 Å². The van der Waals surface area contributed by atoms with E-state index in [1.807, 2.05) is 28.8 Å². The lowest BCUT2D eigenvalue weighted by molar-refractivity contribution is -0.136. The van der Waals surface area contributed by atoms with Gasteiger partial charge in [0, 0.05) is 30.6 Å². The molecule has 4 aliphatic rings. The van der Waals surface area contributed by atoms with E-state index in [4.69, 9.17) is 5.11 Å². The molecule has 4 bridgehead atoms. The minimum absolute atomic E-state index is 0.0401. The maximum absolute atomic E-state index is 13.9. The minimum atomic E-state index is -1.01. The van der Waals surface area contributed by atoms with Crippen LogP contribution < -0.4 is 5.56 Å². The third-order valence-corrected chi connectivity index (χ3v) is 9.66. The van der Waals surface area contributed by atoms with Crippen molar-refractivity contribution < 1.29 is 15.1 Å². The Morgan fingerprint density at radius 2 is 1.57 bits per heavy atom. The van der Waals surface area contributed by atoms with Gasteiger partial charge in [0.25, 0.3) is 5.56 Å². The Hall–Kier alpha value is -2.74. The average molecular weight is 507 g/mol. The van der Waals surface area contributed by atoms with Gasteiger partial charge in [-0.05, 0) is 68.9 Å². The number of hydrogen-bond donors (Lipinski definition) is 2. The lowest BCUT2D eigenvalue weighted by Crippen LogP contribution is -2.58. The van der Waals surface area contributed by atoms with Crippen LogP contribution in [-0.4, -0.2) is 54.6 Å². The molecule has 4 unspecified atom stereocenters. The summed E-state index contributed by atoms with van der Waals surface area (Å²) in [7, 11) is 0. The van der Waals surface area contributed by atoms with E-state index in [0.29, 0.717) is 23.6 Å². The summed E-state index contributed by atoms with van der Waals surface area (Å²) in [5.74, 6) is 0.786. The van der Waals surface area contributed by atoms with Gasteiger partial charge in [-0.3, -0.25) is 14.5 Å². The van der Waals surface area contributed by atoms with Crippen LogP contribution in [-0.2, 0) is 4.79 Å². The van der Waals surface area contributed by atoms with Gasteiger partial charge in [0.1, 0.15) is 5.71 Å². The lowest BCUT2D eigenvalue weighted by atomic mass is 9.68. The number of rotatable bonds is 6. The molecule has 2 aliphatic heterocycles. The zero-order chi connectivity index (χ0) is 25.5. The number of aliphatic carboxylic acids is 1. The van der Waals surface area contributed by atoms with E-state index in [2.05, 4.69) is 15.0 Å². The summed E-state index contributed by atoms with van der Waals surface area (Å²) in [6, 6.07) is 9.35. The molecule has 8 nitrogen and oxygen atoms in total. The molecule has 3 heterocycles. The molecule has 6 rings (SSSR count). The lowest BCUT2D eigenvalue weighted by Gasteiger charge is -2.55. The molecule has 37 heavy (non-hydrogen) atoms. The number of carboxylic acid groups (broad SMARTS) is 1. The van der Waals surface area contributed by atoms with Crippen LogP contribution >= 0.6 is 0 Å². The van der Waals surface area contributed by atoms with Crippen molar-refractivity contribution in [1.29, 1.82) is 0 Å². The van der Waals surface area contributed by atoms with Gasteiger partial charge >= 0.3 is 5.97 Å². The first-order chi connectivity index (χ1) is 18.0. The Kier molecular flexibility index (Phi) is 6.78. The number of aromatic nitrogens is 2. The van der Waals surface area contributed by atoms with Gasteiger partial charge in [0.05, 0.1) is 17.5 Å². The number of fused-ring (bicyclic) bond motifs is 5. The van der Waals surface area contributed by atoms with Crippen molar-refractivity contribution in [3.63, 3.8) is 0 Å². The largest absolute Gasteiger partial charge is 0.481 e. The fraction of sp³-hybridized carbons (Fsp3) is 0.655. The van der Waals surface area contributed by atoms with E-state index in [-0.39, 0.29) is 35.8 Å². The van der Waals surface area contributed by atoms with E-state index >= 15 is 0 Å². The molecule has 8 heteroatoms. The van der Waals surface area contributed by atoms with E-state index in [1.165, 1.54) is 57.8 Å². The third kappa shape index (κ3) is 4.69. The van der Waals surface area contributed by atoms with Gasteiger partial charge < -0.3 is 14.9 Å². The van der Waals surface area contributed by atoms with Crippen molar-refractivity contribution in [2.45, 2.75) is 108 Å². The maximum atomic E-state index is 13.9. The smallest absolute Gasteiger partial charge is 0.303 e. The van der Waals surface area contributed by atoms with Gasteiger partial charge in [0.15, 0.2) is 5.69 Å². The molecule has 198 valence electrons. The second-order valence-corrected chi connectivity index (χ2v) is 11.9. The van der Waals surface area contributed by atoms with Crippen LogP contribution in [0.5, 0.6) is 0 Å². The number of benzene rings is 1. The summed E-state index contributed by atoms with van der Waals surface area (Å²) in [6.07, 6.45) is 13.6. The van der Waals surface area contributed by atoms with Crippen molar-refractivity contribution in [3.05, 3.63) is 40.3 Å². The number of para-hydroxylation sites is 2.